The number of furan rings is 1. The second-order valence-corrected chi connectivity index (χ2v) is 17.0. The fourth-order valence-electron chi connectivity index (χ4n) is 8.67. The zero-order valence-corrected chi connectivity index (χ0v) is 32.9. The van der Waals surface area contributed by atoms with E-state index in [4.69, 9.17) is 4.42 Å². The fourth-order valence-corrected chi connectivity index (χ4v) is 11.0. The second kappa shape index (κ2) is 13.3. The largest absolute Gasteiger partial charge is 0.455 e. The molecule has 0 fully saturated rings. The van der Waals surface area contributed by atoms with Crippen LogP contribution in [0.3, 0.4) is 0 Å². The van der Waals surface area contributed by atoms with Gasteiger partial charge in [-0.05, 0) is 88.5 Å². The summed E-state index contributed by atoms with van der Waals surface area (Å²) in [6, 6.07) is 72.6. The highest BCUT2D eigenvalue weighted by molar-refractivity contribution is 7.26. The van der Waals surface area contributed by atoms with E-state index in [1.807, 2.05) is 28.7 Å². The summed E-state index contributed by atoms with van der Waals surface area (Å²) in [4.78, 5) is 2.42. The lowest BCUT2D eigenvalue weighted by Crippen LogP contribution is -2.10. The van der Waals surface area contributed by atoms with E-state index in [2.05, 4.69) is 199 Å². The highest BCUT2D eigenvalue weighted by Gasteiger charge is 2.19. The van der Waals surface area contributed by atoms with Gasteiger partial charge in [-0.15, -0.1) is 22.7 Å². The third-order valence-electron chi connectivity index (χ3n) is 11.5. The van der Waals surface area contributed by atoms with Crippen LogP contribution in [0, 0.1) is 0 Å². The minimum atomic E-state index is 0.897. The first-order valence-corrected chi connectivity index (χ1v) is 21.2. The third-order valence-corrected chi connectivity index (χ3v) is 13.8. The van der Waals surface area contributed by atoms with Gasteiger partial charge in [0.1, 0.15) is 11.2 Å². The number of hydrogen-bond donors (Lipinski definition) is 0. The van der Waals surface area contributed by atoms with Crippen LogP contribution < -0.4 is 4.90 Å². The molecule has 3 aromatic heterocycles. The SMILES string of the molecule is c1ccc(-c2cccc3c2oc2ccc(-c4ccc(N(c5ccc(-c6ccc7c(c6)sc6ccccc67)cc5)c5cccc6c5sc5ccccc56)cc4)cc23)cc1. The zero-order chi connectivity index (χ0) is 38.2. The maximum absolute atomic E-state index is 6.50. The molecule has 0 aliphatic carbocycles. The molecular weight excluding hydrogens is 743 g/mol. The molecule has 4 heteroatoms. The van der Waals surface area contributed by atoms with Crippen molar-refractivity contribution in [3.63, 3.8) is 0 Å². The molecule has 0 radical (unpaired) electrons. The maximum Gasteiger partial charge on any atom is 0.143 e. The van der Waals surface area contributed by atoms with Gasteiger partial charge in [-0.3, -0.25) is 0 Å². The van der Waals surface area contributed by atoms with E-state index in [0.29, 0.717) is 0 Å². The van der Waals surface area contributed by atoms with Crippen LogP contribution in [0.1, 0.15) is 0 Å². The van der Waals surface area contributed by atoms with Crippen molar-refractivity contribution in [1.29, 1.82) is 0 Å². The second-order valence-electron chi connectivity index (χ2n) is 14.9. The Morgan fingerprint density at radius 3 is 1.67 bits per heavy atom. The predicted molar refractivity (Wildman–Crippen MR) is 250 cm³/mol. The topological polar surface area (TPSA) is 16.4 Å². The molecule has 58 heavy (non-hydrogen) atoms. The molecule has 0 saturated carbocycles. The van der Waals surface area contributed by atoms with Crippen LogP contribution in [-0.4, -0.2) is 0 Å². The number of thiophene rings is 2. The van der Waals surface area contributed by atoms with Crippen molar-refractivity contribution < 1.29 is 4.42 Å². The van der Waals surface area contributed by atoms with Gasteiger partial charge in [0.05, 0.1) is 10.4 Å². The fraction of sp³-hybridized carbons (Fsp3) is 0. The van der Waals surface area contributed by atoms with Crippen molar-refractivity contribution in [2.24, 2.45) is 0 Å². The van der Waals surface area contributed by atoms with Gasteiger partial charge in [0.2, 0.25) is 0 Å². The summed E-state index contributed by atoms with van der Waals surface area (Å²) < 4.78 is 11.7. The van der Waals surface area contributed by atoms with E-state index < -0.39 is 0 Å². The summed E-state index contributed by atoms with van der Waals surface area (Å²) in [6.07, 6.45) is 0. The number of nitrogens with zero attached hydrogens (tertiary/aromatic N) is 1. The first kappa shape index (κ1) is 33.2. The molecule has 0 unspecified atom stereocenters. The molecule has 272 valence electrons. The number of rotatable bonds is 6. The smallest absolute Gasteiger partial charge is 0.143 e. The molecule has 12 aromatic rings. The monoisotopic (exact) mass is 775 g/mol. The van der Waals surface area contributed by atoms with Crippen molar-refractivity contribution in [2.45, 2.75) is 0 Å². The molecule has 0 spiro atoms. The molecule has 0 amide bonds. The Morgan fingerprint density at radius 1 is 0.345 bits per heavy atom. The van der Waals surface area contributed by atoms with Crippen molar-refractivity contribution in [3.05, 3.63) is 200 Å². The van der Waals surface area contributed by atoms with Crippen LogP contribution in [-0.2, 0) is 0 Å². The number of fused-ring (bicyclic) bond motifs is 9. The lowest BCUT2D eigenvalue weighted by atomic mass is 10.00. The van der Waals surface area contributed by atoms with Gasteiger partial charge in [-0.2, -0.15) is 0 Å². The Hall–Kier alpha value is -6.98. The van der Waals surface area contributed by atoms with Gasteiger partial charge in [0.15, 0.2) is 0 Å². The molecular formula is C54H33NOS2. The van der Waals surface area contributed by atoms with Crippen molar-refractivity contribution >= 4 is 102 Å². The molecule has 0 aliphatic rings. The van der Waals surface area contributed by atoms with Gasteiger partial charge in [-0.1, -0.05) is 140 Å². The average molecular weight is 776 g/mol. The lowest BCUT2D eigenvalue weighted by Gasteiger charge is -2.26. The van der Waals surface area contributed by atoms with Gasteiger partial charge in [-0.25, -0.2) is 0 Å². The molecule has 9 aromatic carbocycles. The van der Waals surface area contributed by atoms with E-state index in [0.717, 1.165) is 55.6 Å². The number of para-hydroxylation sites is 1. The maximum atomic E-state index is 6.50. The van der Waals surface area contributed by atoms with Crippen LogP contribution in [0.25, 0.3) is 95.7 Å². The van der Waals surface area contributed by atoms with Crippen molar-refractivity contribution in [1.82, 2.24) is 0 Å². The molecule has 12 rings (SSSR count). The summed E-state index contributed by atoms with van der Waals surface area (Å²) >= 11 is 3.73. The minimum absolute atomic E-state index is 0.897. The summed E-state index contributed by atoms with van der Waals surface area (Å²) in [6.45, 7) is 0. The summed E-state index contributed by atoms with van der Waals surface area (Å²) in [5, 5.41) is 7.48. The predicted octanol–water partition coefficient (Wildman–Crippen LogP) is 16.8. The normalized spacial score (nSPS) is 11.8. The van der Waals surface area contributed by atoms with Gasteiger partial charge in [0.25, 0.3) is 0 Å². The van der Waals surface area contributed by atoms with Crippen LogP contribution >= 0.6 is 22.7 Å². The third kappa shape index (κ3) is 5.37. The van der Waals surface area contributed by atoms with E-state index >= 15 is 0 Å². The highest BCUT2D eigenvalue weighted by atomic mass is 32.1. The van der Waals surface area contributed by atoms with Crippen LogP contribution in [0.4, 0.5) is 17.1 Å². The Kier molecular flexibility index (Phi) is 7.62. The average Bonchev–Trinajstić information content (AvgIpc) is 3.98. The number of hydrogen-bond acceptors (Lipinski definition) is 4. The molecule has 0 bridgehead atoms. The molecule has 2 nitrogen and oxygen atoms in total. The van der Waals surface area contributed by atoms with E-state index in [1.54, 1.807) is 0 Å². The number of benzene rings is 9. The first-order valence-electron chi connectivity index (χ1n) is 19.6. The Balaban J connectivity index is 0.949. The molecule has 0 aliphatic heterocycles. The Labute approximate surface area is 343 Å². The van der Waals surface area contributed by atoms with Gasteiger partial charge in [0, 0.05) is 63.4 Å². The summed E-state index contributed by atoms with van der Waals surface area (Å²) in [5.74, 6) is 0. The molecule has 0 atom stereocenters. The number of anilines is 3. The van der Waals surface area contributed by atoms with Gasteiger partial charge >= 0.3 is 0 Å². The zero-order valence-electron chi connectivity index (χ0n) is 31.2. The van der Waals surface area contributed by atoms with Crippen molar-refractivity contribution in [2.75, 3.05) is 4.90 Å². The molecule has 0 saturated heterocycles. The van der Waals surface area contributed by atoms with E-state index in [9.17, 15) is 0 Å². The van der Waals surface area contributed by atoms with Crippen LogP contribution in [0.5, 0.6) is 0 Å². The molecule has 0 N–H and O–H groups in total. The lowest BCUT2D eigenvalue weighted by molar-refractivity contribution is 0.670. The highest BCUT2D eigenvalue weighted by Crippen LogP contribution is 2.46. The Bertz CT molecular complexity index is 3500. The van der Waals surface area contributed by atoms with Gasteiger partial charge < -0.3 is 9.32 Å². The Morgan fingerprint density at radius 2 is 0.914 bits per heavy atom. The standard InChI is InChI=1S/C54H33NOS2/c1-2-10-36(11-3-1)41-14-8-15-45-47-32-37(25-31-49(47)56-53(41)45)34-20-26-39(27-21-34)55(48-17-9-16-46-43-13-5-7-19-51(43)58-54(46)48)40-28-22-35(23-29-40)38-24-30-44-42-12-4-6-18-50(42)57-52(44)33-38/h1-33H. The quantitative estimate of drug-likeness (QED) is 0.167. The van der Waals surface area contributed by atoms with E-state index in [-0.39, 0.29) is 0 Å². The minimum Gasteiger partial charge on any atom is -0.455 e. The van der Waals surface area contributed by atoms with Crippen LogP contribution in [0.15, 0.2) is 205 Å². The summed E-state index contributed by atoms with van der Waals surface area (Å²) in [7, 11) is 0. The van der Waals surface area contributed by atoms with Crippen molar-refractivity contribution in [3.8, 4) is 33.4 Å². The first-order chi connectivity index (χ1) is 28.7. The summed E-state index contributed by atoms with van der Waals surface area (Å²) in [5.41, 5.74) is 12.2. The van der Waals surface area contributed by atoms with Crippen LogP contribution in [0.2, 0.25) is 0 Å². The van der Waals surface area contributed by atoms with E-state index in [1.165, 1.54) is 57.2 Å². The molecule has 3 heterocycles.